The van der Waals surface area contributed by atoms with Gasteiger partial charge in [0.1, 0.15) is 11.6 Å². The Balaban J connectivity index is 2.50. The topological polar surface area (TPSA) is 17.8 Å². The number of rotatable bonds is 2. The van der Waals surface area contributed by atoms with Gasteiger partial charge in [-0.05, 0) is 25.5 Å². The second kappa shape index (κ2) is 3.85. The predicted molar refractivity (Wildman–Crippen MR) is 58.0 cm³/mol. The number of benzene rings is 1. The predicted octanol–water partition coefficient (Wildman–Crippen LogP) is 3.02. The lowest BCUT2D eigenvalue weighted by molar-refractivity contribution is 0.618. The molecule has 2 aromatic rings. The zero-order valence-electron chi connectivity index (χ0n) is 8.87. The first-order chi connectivity index (χ1) is 7.22. The van der Waals surface area contributed by atoms with Crippen molar-refractivity contribution in [2.75, 3.05) is 0 Å². The molecule has 0 fully saturated rings. The Bertz CT molecular complexity index is 474. The molecule has 15 heavy (non-hydrogen) atoms. The van der Waals surface area contributed by atoms with E-state index >= 15 is 0 Å². The van der Waals surface area contributed by atoms with Crippen LogP contribution in [0.15, 0.2) is 30.6 Å². The minimum Gasteiger partial charge on any atom is -0.331 e. The summed E-state index contributed by atoms with van der Waals surface area (Å²) in [7, 11) is 0. The number of hydrogen-bond donors (Lipinski definition) is 0. The van der Waals surface area contributed by atoms with Crippen LogP contribution in [0.4, 0.5) is 4.39 Å². The fourth-order valence-corrected chi connectivity index (χ4v) is 1.56. The van der Waals surface area contributed by atoms with Gasteiger partial charge in [-0.3, -0.25) is 0 Å². The maximum Gasteiger partial charge on any atom is 0.139 e. The molecular formula is C12H13FN2. The van der Waals surface area contributed by atoms with E-state index in [9.17, 15) is 4.39 Å². The van der Waals surface area contributed by atoms with Crippen molar-refractivity contribution in [3.8, 4) is 11.4 Å². The normalized spacial score (nSPS) is 10.6. The Morgan fingerprint density at radius 2 is 2.20 bits per heavy atom. The number of aryl methyl sites for hydroxylation is 2. The summed E-state index contributed by atoms with van der Waals surface area (Å²) < 4.78 is 15.4. The van der Waals surface area contributed by atoms with Crippen LogP contribution >= 0.6 is 0 Å². The number of nitrogens with zero attached hydrogens (tertiary/aromatic N) is 2. The van der Waals surface area contributed by atoms with Gasteiger partial charge in [-0.1, -0.05) is 12.1 Å². The number of aromatic nitrogens is 2. The van der Waals surface area contributed by atoms with E-state index in [-0.39, 0.29) is 5.82 Å². The molecule has 0 spiro atoms. The molecule has 0 bridgehead atoms. The summed E-state index contributed by atoms with van der Waals surface area (Å²) in [6.45, 7) is 4.63. The van der Waals surface area contributed by atoms with Crippen LogP contribution in [0.1, 0.15) is 12.5 Å². The van der Waals surface area contributed by atoms with Crippen LogP contribution in [0.25, 0.3) is 11.4 Å². The Morgan fingerprint density at radius 3 is 2.87 bits per heavy atom. The molecular weight excluding hydrogens is 191 g/mol. The Hall–Kier alpha value is -1.64. The largest absolute Gasteiger partial charge is 0.331 e. The van der Waals surface area contributed by atoms with Crippen LogP contribution in [0.5, 0.6) is 0 Å². The third-order valence-electron chi connectivity index (χ3n) is 2.49. The van der Waals surface area contributed by atoms with Crippen molar-refractivity contribution in [2.45, 2.75) is 20.4 Å². The van der Waals surface area contributed by atoms with Crippen LogP contribution in [-0.2, 0) is 6.54 Å². The maximum atomic E-state index is 13.4. The zero-order chi connectivity index (χ0) is 10.8. The lowest BCUT2D eigenvalue weighted by Crippen LogP contribution is -1.96. The number of hydrogen-bond acceptors (Lipinski definition) is 1. The van der Waals surface area contributed by atoms with E-state index in [4.69, 9.17) is 0 Å². The Labute approximate surface area is 88.4 Å². The van der Waals surface area contributed by atoms with Gasteiger partial charge in [-0.25, -0.2) is 9.37 Å². The van der Waals surface area contributed by atoms with Crippen LogP contribution in [0.3, 0.4) is 0 Å². The quantitative estimate of drug-likeness (QED) is 0.735. The van der Waals surface area contributed by atoms with Crippen molar-refractivity contribution in [3.63, 3.8) is 0 Å². The molecule has 0 amide bonds. The molecule has 1 aromatic carbocycles. The molecule has 2 nitrogen and oxygen atoms in total. The summed E-state index contributed by atoms with van der Waals surface area (Å²) in [5.41, 5.74) is 1.48. The molecule has 78 valence electrons. The maximum absolute atomic E-state index is 13.4. The van der Waals surface area contributed by atoms with E-state index in [1.54, 1.807) is 19.2 Å². The third kappa shape index (κ3) is 1.77. The van der Waals surface area contributed by atoms with Crippen molar-refractivity contribution in [3.05, 3.63) is 42.0 Å². The second-order valence-electron chi connectivity index (χ2n) is 3.50. The summed E-state index contributed by atoms with van der Waals surface area (Å²) in [5.74, 6) is 0.634. The van der Waals surface area contributed by atoms with Gasteiger partial charge >= 0.3 is 0 Å². The molecule has 0 saturated carbocycles. The average Bonchev–Trinajstić information content (AvgIpc) is 2.70. The van der Waals surface area contributed by atoms with Gasteiger partial charge in [0.2, 0.25) is 0 Å². The van der Waals surface area contributed by atoms with Crippen molar-refractivity contribution >= 4 is 0 Å². The van der Waals surface area contributed by atoms with E-state index in [0.29, 0.717) is 5.56 Å². The van der Waals surface area contributed by atoms with Crippen molar-refractivity contribution in [1.82, 2.24) is 9.55 Å². The summed E-state index contributed by atoms with van der Waals surface area (Å²) in [6, 6.07) is 5.20. The highest BCUT2D eigenvalue weighted by atomic mass is 19.1. The second-order valence-corrected chi connectivity index (χ2v) is 3.50. The van der Waals surface area contributed by atoms with E-state index in [2.05, 4.69) is 4.98 Å². The van der Waals surface area contributed by atoms with Crippen molar-refractivity contribution in [2.24, 2.45) is 0 Å². The van der Waals surface area contributed by atoms with Crippen molar-refractivity contribution < 1.29 is 4.39 Å². The zero-order valence-corrected chi connectivity index (χ0v) is 8.87. The third-order valence-corrected chi connectivity index (χ3v) is 2.49. The first kappa shape index (κ1) is 9.90. The smallest absolute Gasteiger partial charge is 0.139 e. The van der Waals surface area contributed by atoms with E-state index in [1.165, 1.54) is 6.07 Å². The molecule has 0 atom stereocenters. The summed E-state index contributed by atoms with van der Waals surface area (Å²) in [5, 5.41) is 0. The van der Waals surface area contributed by atoms with Crippen LogP contribution in [0, 0.1) is 12.7 Å². The van der Waals surface area contributed by atoms with Gasteiger partial charge in [0.25, 0.3) is 0 Å². The first-order valence-electron chi connectivity index (χ1n) is 5.00. The highest BCUT2D eigenvalue weighted by molar-refractivity contribution is 5.56. The minimum atomic E-state index is -0.182. The van der Waals surface area contributed by atoms with Gasteiger partial charge in [0.15, 0.2) is 0 Å². The minimum absolute atomic E-state index is 0.182. The molecule has 0 aliphatic carbocycles. The highest BCUT2D eigenvalue weighted by Gasteiger charge is 2.06. The SMILES string of the molecule is CCn1ccnc1-c1ccc(C)c(F)c1. The molecule has 0 radical (unpaired) electrons. The Morgan fingerprint density at radius 1 is 1.40 bits per heavy atom. The monoisotopic (exact) mass is 204 g/mol. The highest BCUT2D eigenvalue weighted by Crippen LogP contribution is 2.20. The average molecular weight is 204 g/mol. The van der Waals surface area contributed by atoms with E-state index in [1.807, 2.05) is 23.8 Å². The molecule has 0 unspecified atom stereocenters. The summed E-state index contributed by atoms with van der Waals surface area (Å²) >= 11 is 0. The van der Waals surface area contributed by atoms with Crippen LogP contribution < -0.4 is 0 Å². The van der Waals surface area contributed by atoms with Crippen molar-refractivity contribution in [1.29, 1.82) is 0 Å². The van der Waals surface area contributed by atoms with Crippen LogP contribution in [0.2, 0.25) is 0 Å². The Kier molecular flexibility index (Phi) is 2.54. The fourth-order valence-electron chi connectivity index (χ4n) is 1.56. The first-order valence-corrected chi connectivity index (χ1v) is 5.00. The van der Waals surface area contributed by atoms with E-state index < -0.39 is 0 Å². The van der Waals surface area contributed by atoms with Gasteiger partial charge < -0.3 is 4.57 Å². The van der Waals surface area contributed by atoms with Gasteiger partial charge in [0.05, 0.1) is 0 Å². The molecule has 1 heterocycles. The fraction of sp³-hybridized carbons (Fsp3) is 0.250. The lowest BCUT2D eigenvalue weighted by atomic mass is 10.1. The lowest BCUT2D eigenvalue weighted by Gasteiger charge is -2.05. The molecule has 0 N–H and O–H groups in total. The summed E-state index contributed by atoms with van der Waals surface area (Å²) in [4.78, 5) is 4.22. The molecule has 2 rings (SSSR count). The molecule has 0 saturated heterocycles. The molecule has 0 aliphatic rings. The van der Waals surface area contributed by atoms with Gasteiger partial charge in [-0.2, -0.15) is 0 Å². The number of halogens is 1. The summed E-state index contributed by atoms with van der Waals surface area (Å²) in [6.07, 6.45) is 3.63. The van der Waals surface area contributed by atoms with Gasteiger partial charge in [0, 0.05) is 24.5 Å². The van der Waals surface area contributed by atoms with E-state index in [0.717, 1.165) is 17.9 Å². The standard InChI is InChI=1S/C12H13FN2/c1-3-15-7-6-14-12(15)10-5-4-9(2)11(13)8-10/h4-8H,3H2,1-2H3. The molecule has 1 aromatic heterocycles. The van der Waals surface area contributed by atoms with Crippen LogP contribution in [-0.4, -0.2) is 9.55 Å². The van der Waals surface area contributed by atoms with Gasteiger partial charge in [-0.15, -0.1) is 0 Å². The molecule has 3 heteroatoms. The number of imidazole rings is 1. The molecule has 0 aliphatic heterocycles.